The summed E-state index contributed by atoms with van der Waals surface area (Å²) in [5.74, 6) is -0.144. The first-order chi connectivity index (χ1) is 6.77. The number of piperidine rings is 1. The number of carbonyl (C=O) groups is 1. The van der Waals surface area contributed by atoms with Gasteiger partial charge in [0.1, 0.15) is 0 Å². The molecule has 2 aliphatic rings. The largest absolute Gasteiger partial charge is 0.480 e. The highest BCUT2D eigenvalue weighted by Gasteiger charge is 2.34. The molecule has 5 heteroatoms. The minimum absolute atomic E-state index is 0. The number of carboxylic acid groups (broad SMARTS) is 1. The van der Waals surface area contributed by atoms with E-state index in [9.17, 15) is 4.79 Å². The molecule has 2 heterocycles. The van der Waals surface area contributed by atoms with Gasteiger partial charge in [-0.3, -0.25) is 9.69 Å². The molecule has 0 aromatic rings. The van der Waals surface area contributed by atoms with Crippen molar-refractivity contribution in [2.24, 2.45) is 5.92 Å². The Kier molecular flexibility index (Phi) is 4.83. The van der Waals surface area contributed by atoms with Crippen LogP contribution in [0.1, 0.15) is 19.3 Å². The molecule has 0 aromatic heterocycles. The van der Waals surface area contributed by atoms with Gasteiger partial charge in [0.15, 0.2) is 0 Å². The fourth-order valence-electron chi connectivity index (χ4n) is 2.63. The minimum atomic E-state index is -0.711. The van der Waals surface area contributed by atoms with E-state index in [0.717, 1.165) is 32.6 Å². The number of fused-ring (bicyclic) bond motifs is 1. The number of hydrogen-bond donors (Lipinski definition) is 1. The zero-order valence-electron chi connectivity index (χ0n) is 8.72. The molecular weight excluding hydrogens is 218 g/mol. The highest BCUT2D eigenvalue weighted by molar-refractivity contribution is 5.85. The molecule has 88 valence electrons. The number of likely N-dealkylation sites (tertiary alicyclic amines) is 1. The second-order valence-electron chi connectivity index (χ2n) is 4.20. The highest BCUT2D eigenvalue weighted by atomic mass is 35.5. The first kappa shape index (κ1) is 12.7. The molecule has 0 aliphatic carbocycles. The van der Waals surface area contributed by atoms with Crippen molar-refractivity contribution in [3.63, 3.8) is 0 Å². The number of aliphatic carboxylic acids is 1. The molecule has 2 saturated heterocycles. The summed E-state index contributed by atoms with van der Waals surface area (Å²) >= 11 is 0. The molecule has 2 unspecified atom stereocenters. The molecule has 1 N–H and O–H groups in total. The Morgan fingerprint density at radius 3 is 3.00 bits per heavy atom. The van der Waals surface area contributed by atoms with Crippen LogP contribution in [0, 0.1) is 5.92 Å². The van der Waals surface area contributed by atoms with E-state index in [1.54, 1.807) is 0 Å². The third-order valence-corrected chi connectivity index (χ3v) is 3.26. The average molecular weight is 236 g/mol. The minimum Gasteiger partial charge on any atom is -0.480 e. The van der Waals surface area contributed by atoms with Gasteiger partial charge in [0.05, 0.1) is 13.2 Å². The Hall–Kier alpha value is -0.320. The molecule has 2 fully saturated rings. The summed E-state index contributed by atoms with van der Waals surface area (Å²) < 4.78 is 5.42. The zero-order valence-corrected chi connectivity index (χ0v) is 9.54. The predicted molar refractivity (Wildman–Crippen MR) is 58.4 cm³/mol. The van der Waals surface area contributed by atoms with Crippen LogP contribution in [-0.4, -0.2) is 48.3 Å². The fraction of sp³-hybridized carbons (Fsp3) is 0.900. The summed E-state index contributed by atoms with van der Waals surface area (Å²) in [7, 11) is 0. The van der Waals surface area contributed by atoms with Crippen molar-refractivity contribution < 1.29 is 14.6 Å². The number of carboxylic acids is 1. The second-order valence-corrected chi connectivity index (χ2v) is 4.20. The summed E-state index contributed by atoms with van der Waals surface area (Å²) in [6, 6.07) is 0.452. The Bertz CT molecular complexity index is 223. The molecule has 0 bridgehead atoms. The van der Waals surface area contributed by atoms with Gasteiger partial charge in [-0.2, -0.15) is 0 Å². The fourth-order valence-corrected chi connectivity index (χ4v) is 2.63. The van der Waals surface area contributed by atoms with Crippen molar-refractivity contribution in [3.05, 3.63) is 0 Å². The van der Waals surface area contributed by atoms with Gasteiger partial charge in [0.25, 0.3) is 0 Å². The Morgan fingerprint density at radius 1 is 1.47 bits per heavy atom. The van der Waals surface area contributed by atoms with Gasteiger partial charge in [-0.1, -0.05) is 0 Å². The van der Waals surface area contributed by atoms with Gasteiger partial charge in [0.2, 0.25) is 0 Å². The molecule has 2 rings (SSSR count). The monoisotopic (exact) mass is 235 g/mol. The Labute approximate surface area is 96.0 Å². The van der Waals surface area contributed by atoms with Crippen molar-refractivity contribution in [2.75, 3.05) is 26.3 Å². The predicted octanol–water partition coefficient (Wildman–Crippen LogP) is 0.994. The number of hydrogen-bond acceptors (Lipinski definition) is 3. The standard InChI is InChI=1S/C10H17NO3.ClH/c12-10(13)6-11-4-1-2-8-7-14-5-3-9(8)11;/h8-9H,1-7H2,(H,12,13);1H. The van der Waals surface area contributed by atoms with Gasteiger partial charge in [0, 0.05) is 12.6 Å². The lowest BCUT2D eigenvalue weighted by molar-refractivity contribution is -0.141. The van der Waals surface area contributed by atoms with Crippen molar-refractivity contribution in [2.45, 2.75) is 25.3 Å². The summed E-state index contributed by atoms with van der Waals surface area (Å²) in [5.41, 5.74) is 0. The molecule has 4 nitrogen and oxygen atoms in total. The molecule has 2 aliphatic heterocycles. The molecular formula is C10H18ClNO3. The maximum absolute atomic E-state index is 10.7. The van der Waals surface area contributed by atoms with E-state index in [2.05, 4.69) is 4.90 Å². The van der Waals surface area contributed by atoms with Gasteiger partial charge < -0.3 is 9.84 Å². The third kappa shape index (κ3) is 3.06. The lowest BCUT2D eigenvalue weighted by Crippen LogP contribution is -2.51. The molecule has 15 heavy (non-hydrogen) atoms. The van der Waals surface area contributed by atoms with Crippen LogP contribution < -0.4 is 0 Å². The maximum Gasteiger partial charge on any atom is 0.317 e. The van der Waals surface area contributed by atoms with Crippen LogP contribution in [0.5, 0.6) is 0 Å². The zero-order chi connectivity index (χ0) is 9.97. The number of rotatable bonds is 2. The molecule has 0 spiro atoms. The molecule has 0 amide bonds. The van der Waals surface area contributed by atoms with Crippen molar-refractivity contribution in [1.29, 1.82) is 0 Å². The van der Waals surface area contributed by atoms with E-state index in [-0.39, 0.29) is 19.0 Å². The highest BCUT2D eigenvalue weighted by Crippen LogP contribution is 2.28. The van der Waals surface area contributed by atoms with Crippen molar-refractivity contribution in [3.8, 4) is 0 Å². The van der Waals surface area contributed by atoms with Crippen LogP contribution in [0.2, 0.25) is 0 Å². The first-order valence-electron chi connectivity index (χ1n) is 5.31. The molecule has 0 radical (unpaired) electrons. The van der Waals surface area contributed by atoms with Crippen molar-refractivity contribution >= 4 is 18.4 Å². The van der Waals surface area contributed by atoms with E-state index < -0.39 is 5.97 Å². The van der Waals surface area contributed by atoms with E-state index >= 15 is 0 Å². The first-order valence-corrected chi connectivity index (χ1v) is 5.31. The number of halogens is 1. The van der Waals surface area contributed by atoms with Crippen LogP contribution in [-0.2, 0) is 9.53 Å². The van der Waals surface area contributed by atoms with Crippen LogP contribution in [0.25, 0.3) is 0 Å². The van der Waals surface area contributed by atoms with E-state index in [1.165, 1.54) is 6.42 Å². The summed E-state index contributed by atoms with van der Waals surface area (Å²) in [6.07, 6.45) is 3.30. The summed E-state index contributed by atoms with van der Waals surface area (Å²) in [6.45, 7) is 2.74. The normalized spacial score (nSPS) is 31.5. The quantitative estimate of drug-likeness (QED) is 0.776. The van der Waals surface area contributed by atoms with Gasteiger partial charge in [-0.25, -0.2) is 0 Å². The van der Waals surface area contributed by atoms with Gasteiger partial charge >= 0.3 is 5.97 Å². The summed E-state index contributed by atoms with van der Waals surface area (Å²) in [4.78, 5) is 12.8. The Balaban J connectivity index is 0.00000112. The Morgan fingerprint density at radius 2 is 2.27 bits per heavy atom. The van der Waals surface area contributed by atoms with Crippen molar-refractivity contribution in [1.82, 2.24) is 4.90 Å². The van der Waals surface area contributed by atoms with Gasteiger partial charge in [-0.05, 0) is 31.7 Å². The smallest absolute Gasteiger partial charge is 0.317 e. The van der Waals surface area contributed by atoms with Crippen LogP contribution in [0.15, 0.2) is 0 Å². The lowest BCUT2D eigenvalue weighted by atomic mass is 9.86. The van der Waals surface area contributed by atoms with E-state index in [0.29, 0.717) is 12.0 Å². The SMILES string of the molecule is Cl.O=C(O)CN1CCCC2COCCC21. The molecule has 0 saturated carbocycles. The van der Waals surface area contributed by atoms with Crippen LogP contribution >= 0.6 is 12.4 Å². The number of nitrogens with zero attached hydrogens (tertiary/aromatic N) is 1. The van der Waals surface area contributed by atoms with Crippen LogP contribution in [0.3, 0.4) is 0 Å². The molecule has 0 aromatic carbocycles. The van der Waals surface area contributed by atoms with Gasteiger partial charge in [-0.15, -0.1) is 12.4 Å². The third-order valence-electron chi connectivity index (χ3n) is 3.26. The summed E-state index contributed by atoms with van der Waals surface area (Å²) in [5, 5.41) is 8.78. The van der Waals surface area contributed by atoms with Crippen LogP contribution in [0.4, 0.5) is 0 Å². The topological polar surface area (TPSA) is 49.8 Å². The lowest BCUT2D eigenvalue weighted by Gasteiger charge is -2.43. The molecule has 2 atom stereocenters. The number of ether oxygens (including phenoxy) is 1. The average Bonchev–Trinajstić information content (AvgIpc) is 2.18. The van der Waals surface area contributed by atoms with E-state index in [1.807, 2.05) is 0 Å². The second kappa shape index (κ2) is 5.68. The maximum atomic E-state index is 10.7. The van der Waals surface area contributed by atoms with E-state index in [4.69, 9.17) is 9.84 Å².